The number of aromatic nitrogens is 1. The smallest absolute Gasteiger partial charge is 0.251 e. The minimum absolute atomic E-state index is 0.0902. The zero-order chi connectivity index (χ0) is 13.0. The second kappa shape index (κ2) is 5.31. The summed E-state index contributed by atoms with van der Waals surface area (Å²) < 4.78 is 0. The van der Waals surface area contributed by atoms with Crippen LogP contribution in [0.1, 0.15) is 28.9 Å². The van der Waals surface area contributed by atoms with Gasteiger partial charge in [0.2, 0.25) is 0 Å². The van der Waals surface area contributed by atoms with Gasteiger partial charge in [-0.1, -0.05) is 12.1 Å². The number of hydrogen-bond acceptors (Lipinski definition) is 3. The van der Waals surface area contributed by atoms with Crippen LogP contribution in [0, 0.1) is 0 Å². The van der Waals surface area contributed by atoms with Crippen LogP contribution < -0.4 is 11.1 Å². The normalized spacial score (nSPS) is 11.8. The molecule has 2 rings (SSSR count). The van der Waals surface area contributed by atoms with E-state index in [-0.39, 0.29) is 11.9 Å². The third-order valence-corrected chi connectivity index (χ3v) is 2.68. The van der Waals surface area contributed by atoms with Gasteiger partial charge in [0.15, 0.2) is 0 Å². The summed E-state index contributed by atoms with van der Waals surface area (Å²) in [4.78, 5) is 16.0. The van der Waals surface area contributed by atoms with Gasteiger partial charge in [-0.05, 0) is 36.8 Å². The standard InChI is InChI=1S/C14H15N3O/c1-10(12-5-3-7-16-9-12)17-14(18)11-4-2-6-13(15)8-11/h2-10H,15H2,1H3,(H,17,18)/t10-/m1/s1. The number of nitrogens with zero attached hydrogens (tertiary/aromatic N) is 1. The summed E-state index contributed by atoms with van der Waals surface area (Å²) in [5.41, 5.74) is 7.76. The van der Waals surface area contributed by atoms with Gasteiger partial charge in [-0.15, -0.1) is 0 Å². The van der Waals surface area contributed by atoms with Crippen LogP contribution in [0.2, 0.25) is 0 Å². The molecule has 0 bridgehead atoms. The number of nitrogens with one attached hydrogen (secondary N) is 1. The van der Waals surface area contributed by atoms with Crippen molar-refractivity contribution in [2.45, 2.75) is 13.0 Å². The molecular formula is C14H15N3O. The van der Waals surface area contributed by atoms with Gasteiger partial charge in [-0.2, -0.15) is 0 Å². The molecule has 0 radical (unpaired) electrons. The fourth-order valence-electron chi connectivity index (χ4n) is 1.68. The number of carbonyl (C=O) groups excluding carboxylic acids is 1. The van der Waals surface area contributed by atoms with Crippen LogP contribution in [0.4, 0.5) is 5.69 Å². The van der Waals surface area contributed by atoms with Crippen molar-refractivity contribution < 1.29 is 4.79 Å². The van der Waals surface area contributed by atoms with Crippen molar-refractivity contribution in [1.29, 1.82) is 0 Å². The van der Waals surface area contributed by atoms with E-state index in [1.807, 2.05) is 19.1 Å². The highest BCUT2D eigenvalue weighted by atomic mass is 16.1. The molecule has 2 aromatic rings. The number of rotatable bonds is 3. The van der Waals surface area contributed by atoms with E-state index in [2.05, 4.69) is 10.3 Å². The Labute approximate surface area is 106 Å². The Morgan fingerprint density at radius 3 is 2.83 bits per heavy atom. The number of anilines is 1. The summed E-state index contributed by atoms with van der Waals surface area (Å²) in [6.45, 7) is 1.92. The topological polar surface area (TPSA) is 68.0 Å². The van der Waals surface area contributed by atoms with Gasteiger partial charge in [-0.25, -0.2) is 0 Å². The Hall–Kier alpha value is -2.36. The molecule has 0 unspecified atom stereocenters. The van der Waals surface area contributed by atoms with E-state index in [9.17, 15) is 4.79 Å². The van der Waals surface area contributed by atoms with E-state index in [4.69, 9.17) is 5.73 Å². The SMILES string of the molecule is C[C@@H](NC(=O)c1cccc(N)c1)c1cccnc1. The molecule has 0 saturated carbocycles. The van der Waals surface area contributed by atoms with Crippen LogP contribution in [-0.4, -0.2) is 10.9 Å². The summed E-state index contributed by atoms with van der Waals surface area (Å²) >= 11 is 0. The molecule has 1 amide bonds. The summed E-state index contributed by atoms with van der Waals surface area (Å²) in [6.07, 6.45) is 3.44. The van der Waals surface area contributed by atoms with Crippen molar-refractivity contribution in [2.75, 3.05) is 5.73 Å². The number of amides is 1. The first-order chi connectivity index (χ1) is 8.66. The van der Waals surface area contributed by atoms with Gasteiger partial charge in [-0.3, -0.25) is 9.78 Å². The van der Waals surface area contributed by atoms with E-state index >= 15 is 0 Å². The van der Waals surface area contributed by atoms with Crippen molar-refractivity contribution in [1.82, 2.24) is 10.3 Å². The van der Waals surface area contributed by atoms with E-state index in [1.54, 1.807) is 36.7 Å². The van der Waals surface area contributed by atoms with Crippen molar-refractivity contribution >= 4 is 11.6 Å². The Morgan fingerprint density at radius 2 is 2.17 bits per heavy atom. The van der Waals surface area contributed by atoms with Crippen LogP contribution in [0.25, 0.3) is 0 Å². The first kappa shape index (κ1) is 12.1. The largest absolute Gasteiger partial charge is 0.399 e. The minimum atomic E-state index is -0.140. The summed E-state index contributed by atoms with van der Waals surface area (Å²) in [6, 6.07) is 10.6. The van der Waals surface area contributed by atoms with Gasteiger partial charge in [0, 0.05) is 23.6 Å². The first-order valence-electron chi connectivity index (χ1n) is 5.73. The Morgan fingerprint density at radius 1 is 1.33 bits per heavy atom. The average molecular weight is 241 g/mol. The van der Waals surface area contributed by atoms with Crippen molar-refractivity contribution in [3.05, 3.63) is 59.9 Å². The van der Waals surface area contributed by atoms with Crippen LogP contribution in [0.5, 0.6) is 0 Å². The van der Waals surface area contributed by atoms with Crippen LogP contribution >= 0.6 is 0 Å². The Bertz CT molecular complexity index is 540. The maximum atomic E-state index is 12.0. The molecule has 0 spiro atoms. The highest BCUT2D eigenvalue weighted by molar-refractivity contribution is 5.95. The van der Waals surface area contributed by atoms with E-state index in [0.717, 1.165) is 5.56 Å². The second-order valence-electron chi connectivity index (χ2n) is 4.11. The molecule has 0 aliphatic heterocycles. The number of nitrogens with two attached hydrogens (primary N) is 1. The van der Waals surface area contributed by atoms with Crippen LogP contribution in [0.3, 0.4) is 0 Å². The molecule has 0 aliphatic rings. The van der Waals surface area contributed by atoms with Gasteiger partial charge >= 0.3 is 0 Å². The number of carbonyl (C=O) groups is 1. The zero-order valence-electron chi connectivity index (χ0n) is 10.1. The van der Waals surface area contributed by atoms with E-state index in [0.29, 0.717) is 11.3 Å². The molecule has 18 heavy (non-hydrogen) atoms. The lowest BCUT2D eigenvalue weighted by atomic mass is 10.1. The highest BCUT2D eigenvalue weighted by Gasteiger charge is 2.11. The molecule has 0 saturated heterocycles. The monoisotopic (exact) mass is 241 g/mol. The molecule has 92 valence electrons. The zero-order valence-corrected chi connectivity index (χ0v) is 10.1. The molecule has 0 aliphatic carbocycles. The molecule has 3 N–H and O–H groups in total. The number of nitrogen functional groups attached to an aromatic ring is 1. The predicted octanol–water partition coefficient (Wildman–Crippen LogP) is 2.15. The summed E-state index contributed by atoms with van der Waals surface area (Å²) in [5, 5.41) is 2.91. The number of benzene rings is 1. The van der Waals surface area contributed by atoms with Gasteiger partial charge in [0.1, 0.15) is 0 Å². The molecule has 0 fully saturated rings. The number of pyridine rings is 1. The Kier molecular flexibility index (Phi) is 3.57. The molecule has 4 nitrogen and oxygen atoms in total. The Balaban J connectivity index is 2.08. The lowest BCUT2D eigenvalue weighted by Crippen LogP contribution is -2.26. The van der Waals surface area contributed by atoms with Crippen LogP contribution in [0.15, 0.2) is 48.8 Å². The lowest BCUT2D eigenvalue weighted by molar-refractivity contribution is 0.0940. The summed E-state index contributed by atoms with van der Waals surface area (Å²) in [7, 11) is 0. The third kappa shape index (κ3) is 2.85. The predicted molar refractivity (Wildman–Crippen MR) is 71.0 cm³/mol. The molecule has 1 aromatic carbocycles. The third-order valence-electron chi connectivity index (χ3n) is 2.68. The van der Waals surface area contributed by atoms with Crippen molar-refractivity contribution in [2.24, 2.45) is 0 Å². The molecular weight excluding hydrogens is 226 g/mol. The molecule has 1 heterocycles. The molecule has 4 heteroatoms. The lowest BCUT2D eigenvalue weighted by Gasteiger charge is -2.14. The maximum Gasteiger partial charge on any atom is 0.251 e. The number of hydrogen-bond donors (Lipinski definition) is 2. The van der Waals surface area contributed by atoms with Crippen LogP contribution in [-0.2, 0) is 0 Å². The van der Waals surface area contributed by atoms with E-state index < -0.39 is 0 Å². The maximum absolute atomic E-state index is 12.0. The first-order valence-corrected chi connectivity index (χ1v) is 5.73. The minimum Gasteiger partial charge on any atom is -0.399 e. The van der Waals surface area contributed by atoms with E-state index in [1.165, 1.54) is 0 Å². The molecule has 1 aromatic heterocycles. The summed E-state index contributed by atoms with van der Waals surface area (Å²) in [5.74, 6) is -0.140. The van der Waals surface area contributed by atoms with Crippen molar-refractivity contribution in [3.8, 4) is 0 Å². The quantitative estimate of drug-likeness (QED) is 0.809. The highest BCUT2D eigenvalue weighted by Crippen LogP contribution is 2.12. The van der Waals surface area contributed by atoms with Gasteiger partial charge in [0.05, 0.1) is 6.04 Å². The van der Waals surface area contributed by atoms with Gasteiger partial charge < -0.3 is 11.1 Å². The fraction of sp³-hybridized carbons (Fsp3) is 0.143. The average Bonchev–Trinajstić information content (AvgIpc) is 2.39. The second-order valence-corrected chi connectivity index (χ2v) is 4.11. The van der Waals surface area contributed by atoms with Crippen molar-refractivity contribution in [3.63, 3.8) is 0 Å². The fourth-order valence-corrected chi connectivity index (χ4v) is 1.68. The molecule has 1 atom stereocenters. The van der Waals surface area contributed by atoms with Gasteiger partial charge in [0.25, 0.3) is 5.91 Å².